The molecule has 2 heterocycles. The summed E-state index contributed by atoms with van der Waals surface area (Å²) in [6, 6.07) is 15.4. The Kier molecular flexibility index (Phi) is 5.88. The molecule has 182 valence electrons. The molecule has 8 heteroatoms. The molecule has 0 fully saturated rings. The van der Waals surface area contributed by atoms with Gasteiger partial charge in [0.1, 0.15) is 11.6 Å². The van der Waals surface area contributed by atoms with Crippen molar-refractivity contribution in [3.8, 4) is 11.4 Å². The van der Waals surface area contributed by atoms with Crippen molar-refractivity contribution in [2.75, 3.05) is 4.90 Å². The summed E-state index contributed by atoms with van der Waals surface area (Å²) in [4.78, 5) is 19.3. The van der Waals surface area contributed by atoms with Gasteiger partial charge in [-0.05, 0) is 86.3 Å². The largest absolute Gasteiger partial charge is 0.334 e. The molecule has 0 saturated carbocycles. The van der Waals surface area contributed by atoms with E-state index >= 15 is 0 Å². The zero-order chi connectivity index (χ0) is 25.6. The van der Waals surface area contributed by atoms with E-state index in [0.717, 1.165) is 16.7 Å². The SMILES string of the molecule is CC1=C(c2nc(-c3ccc(F)cc3)no2)C(c2ccc(C)c(C)c2)NC(=O)N1c1ccc(C)c(F)c1. The van der Waals surface area contributed by atoms with Crippen molar-refractivity contribution in [3.05, 3.63) is 106 Å². The van der Waals surface area contributed by atoms with Crippen molar-refractivity contribution in [1.29, 1.82) is 0 Å². The smallest absolute Gasteiger partial charge is 0.327 e. The summed E-state index contributed by atoms with van der Waals surface area (Å²) in [6.45, 7) is 7.44. The molecule has 36 heavy (non-hydrogen) atoms. The minimum atomic E-state index is -0.579. The van der Waals surface area contributed by atoms with Crippen molar-refractivity contribution in [2.45, 2.75) is 33.7 Å². The molecule has 0 bridgehead atoms. The van der Waals surface area contributed by atoms with Gasteiger partial charge in [-0.1, -0.05) is 29.4 Å². The number of anilines is 1. The second-order valence-electron chi connectivity index (χ2n) is 8.92. The van der Waals surface area contributed by atoms with Gasteiger partial charge < -0.3 is 9.84 Å². The average molecular weight is 487 g/mol. The number of amides is 2. The molecule has 1 aliphatic rings. The molecule has 5 rings (SSSR count). The zero-order valence-electron chi connectivity index (χ0n) is 20.3. The van der Waals surface area contributed by atoms with Gasteiger partial charge in [0.05, 0.1) is 17.3 Å². The molecule has 0 aliphatic carbocycles. The number of aryl methyl sites for hydroxylation is 3. The molecule has 0 radical (unpaired) electrons. The summed E-state index contributed by atoms with van der Waals surface area (Å²) < 4.78 is 33.5. The molecule has 1 aliphatic heterocycles. The summed E-state index contributed by atoms with van der Waals surface area (Å²) in [5.74, 6) is -0.296. The van der Waals surface area contributed by atoms with Crippen molar-refractivity contribution < 1.29 is 18.1 Å². The molecule has 1 atom stereocenters. The van der Waals surface area contributed by atoms with Crippen LogP contribution in [0.25, 0.3) is 17.0 Å². The normalized spacial score (nSPS) is 15.9. The number of allylic oxidation sites excluding steroid dienone is 1. The highest BCUT2D eigenvalue weighted by Gasteiger charge is 2.36. The maximum atomic E-state index is 14.4. The number of hydrogen-bond donors (Lipinski definition) is 1. The third kappa shape index (κ3) is 4.15. The molecule has 6 nitrogen and oxygen atoms in total. The van der Waals surface area contributed by atoms with E-state index in [4.69, 9.17) is 4.52 Å². The molecule has 1 unspecified atom stereocenters. The van der Waals surface area contributed by atoms with E-state index < -0.39 is 17.9 Å². The van der Waals surface area contributed by atoms with E-state index in [-0.39, 0.29) is 17.5 Å². The van der Waals surface area contributed by atoms with E-state index in [9.17, 15) is 13.6 Å². The lowest BCUT2D eigenvalue weighted by Crippen LogP contribution is -2.46. The topological polar surface area (TPSA) is 71.3 Å². The number of benzene rings is 3. The Morgan fingerprint density at radius 3 is 2.31 bits per heavy atom. The number of carbonyl (C=O) groups is 1. The standard InChI is InChI=1S/C28H24F2N4O2/c1-15-5-7-20(13-17(15)3)25-24(27-32-26(33-36-27)19-8-10-21(29)11-9-19)18(4)34(28(35)31-25)22-12-6-16(2)23(30)14-22/h5-14,25H,1-4H3,(H,31,35). The van der Waals surface area contributed by atoms with Gasteiger partial charge in [0.15, 0.2) is 0 Å². The first-order chi connectivity index (χ1) is 17.2. The number of halogens is 2. The Balaban J connectivity index is 1.67. The Bertz CT molecular complexity index is 1510. The van der Waals surface area contributed by atoms with Gasteiger partial charge in [-0.15, -0.1) is 0 Å². The quantitative estimate of drug-likeness (QED) is 0.351. The summed E-state index contributed by atoms with van der Waals surface area (Å²) in [5, 5.41) is 7.12. The fourth-order valence-electron chi connectivity index (χ4n) is 4.30. The van der Waals surface area contributed by atoms with Gasteiger partial charge >= 0.3 is 6.03 Å². The molecule has 0 saturated heterocycles. The lowest BCUT2D eigenvalue weighted by molar-refractivity contribution is 0.244. The van der Waals surface area contributed by atoms with Crippen LogP contribution in [0.5, 0.6) is 0 Å². The first-order valence-electron chi connectivity index (χ1n) is 11.5. The zero-order valence-corrected chi connectivity index (χ0v) is 20.3. The Labute approximate surface area is 207 Å². The van der Waals surface area contributed by atoms with E-state index in [1.807, 2.05) is 32.0 Å². The number of hydrogen-bond acceptors (Lipinski definition) is 4. The minimum Gasteiger partial charge on any atom is -0.334 e. The molecule has 1 aromatic heterocycles. The van der Waals surface area contributed by atoms with Gasteiger partial charge in [-0.3, -0.25) is 4.90 Å². The highest BCUT2D eigenvalue weighted by Crippen LogP contribution is 2.39. The highest BCUT2D eigenvalue weighted by atomic mass is 19.1. The Morgan fingerprint density at radius 1 is 0.889 bits per heavy atom. The average Bonchev–Trinajstić information content (AvgIpc) is 3.33. The number of urea groups is 1. The van der Waals surface area contributed by atoms with Crippen LogP contribution in [0.4, 0.5) is 19.3 Å². The van der Waals surface area contributed by atoms with Crippen LogP contribution in [0.2, 0.25) is 0 Å². The number of carbonyl (C=O) groups excluding carboxylic acids is 1. The number of nitrogens with zero attached hydrogens (tertiary/aromatic N) is 3. The lowest BCUT2D eigenvalue weighted by Gasteiger charge is -2.35. The summed E-state index contributed by atoms with van der Waals surface area (Å²) in [6.07, 6.45) is 0. The van der Waals surface area contributed by atoms with Crippen LogP contribution < -0.4 is 10.2 Å². The van der Waals surface area contributed by atoms with Crippen LogP contribution in [-0.4, -0.2) is 16.2 Å². The first-order valence-corrected chi connectivity index (χ1v) is 11.5. The minimum absolute atomic E-state index is 0.202. The molecular weight excluding hydrogens is 462 g/mol. The van der Waals surface area contributed by atoms with Crippen LogP contribution in [0.3, 0.4) is 0 Å². The molecule has 0 spiro atoms. The first kappa shape index (κ1) is 23.4. The fourth-order valence-corrected chi connectivity index (χ4v) is 4.30. The van der Waals surface area contributed by atoms with Crippen LogP contribution in [0.15, 0.2) is 70.9 Å². The van der Waals surface area contributed by atoms with E-state index in [1.54, 1.807) is 38.1 Å². The Hall–Kier alpha value is -4.33. The van der Waals surface area contributed by atoms with Crippen LogP contribution >= 0.6 is 0 Å². The second kappa shape index (κ2) is 9.03. The summed E-state index contributed by atoms with van der Waals surface area (Å²) >= 11 is 0. The maximum Gasteiger partial charge on any atom is 0.327 e. The second-order valence-corrected chi connectivity index (χ2v) is 8.92. The van der Waals surface area contributed by atoms with Gasteiger partial charge in [0, 0.05) is 11.3 Å². The Morgan fingerprint density at radius 2 is 1.61 bits per heavy atom. The predicted octanol–water partition coefficient (Wildman–Crippen LogP) is 6.64. The maximum absolute atomic E-state index is 14.4. The van der Waals surface area contributed by atoms with Gasteiger partial charge in [0.25, 0.3) is 5.89 Å². The molecule has 4 aromatic rings. The molecule has 3 aromatic carbocycles. The van der Waals surface area contributed by atoms with Gasteiger partial charge in [-0.25, -0.2) is 13.6 Å². The molecule has 1 N–H and O–H groups in total. The molecular formula is C28H24F2N4O2. The third-order valence-corrected chi connectivity index (χ3v) is 6.52. The van der Waals surface area contributed by atoms with E-state index in [2.05, 4.69) is 15.5 Å². The van der Waals surface area contributed by atoms with Crippen LogP contribution in [0.1, 0.15) is 41.1 Å². The predicted molar refractivity (Wildman–Crippen MR) is 133 cm³/mol. The van der Waals surface area contributed by atoms with Gasteiger partial charge in [-0.2, -0.15) is 4.98 Å². The van der Waals surface area contributed by atoms with Crippen LogP contribution in [-0.2, 0) is 0 Å². The van der Waals surface area contributed by atoms with Crippen molar-refractivity contribution >= 4 is 17.3 Å². The highest BCUT2D eigenvalue weighted by molar-refractivity contribution is 6.01. The van der Waals surface area contributed by atoms with E-state index in [1.165, 1.54) is 23.1 Å². The van der Waals surface area contributed by atoms with E-state index in [0.29, 0.717) is 28.1 Å². The molecule has 2 amide bonds. The fraction of sp³-hybridized carbons (Fsp3) is 0.179. The van der Waals surface area contributed by atoms with Crippen molar-refractivity contribution in [2.24, 2.45) is 0 Å². The number of rotatable bonds is 4. The van der Waals surface area contributed by atoms with Crippen molar-refractivity contribution in [3.63, 3.8) is 0 Å². The van der Waals surface area contributed by atoms with Gasteiger partial charge in [0.2, 0.25) is 5.82 Å². The lowest BCUT2D eigenvalue weighted by atomic mass is 9.92. The monoisotopic (exact) mass is 486 g/mol. The number of aromatic nitrogens is 2. The van der Waals surface area contributed by atoms with Crippen molar-refractivity contribution in [1.82, 2.24) is 15.5 Å². The number of nitrogens with one attached hydrogen (secondary N) is 1. The summed E-state index contributed by atoms with van der Waals surface area (Å²) in [5.41, 5.74) is 5.59. The van der Waals surface area contributed by atoms with Crippen LogP contribution in [0, 0.1) is 32.4 Å². The summed E-state index contributed by atoms with van der Waals surface area (Å²) in [7, 11) is 0. The third-order valence-electron chi connectivity index (χ3n) is 6.52.